The lowest BCUT2D eigenvalue weighted by Crippen LogP contribution is -2.28. The van der Waals surface area contributed by atoms with E-state index < -0.39 is 27.6 Å². The minimum absolute atomic E-state index is 0.0633. The van der Waals surface area contributed by atoms with Crippen molar-refractivity contribution in [2.24, 2.45) is 10.2 Å². The molecule has 0 aliphatic heterocycles. The second-order valence-electron chi connectivity index (χ2n) is 3.94. The molecule has 0 aliphatic carbocycles. The first kappa shape index (κ1) is 16.3. The molecule has 2 N–H and O–H groups in total. The van der Waals surface area contributed by atoms with Gasteiger partial charge in [0.1, 0.15) is 9.85 Å². The minimum atomic E-state index is -0.829. The Labute approximate surface area is 131 Å². The van der Waals surface area contributed by atoms with Crippen molar-refractivity contribution in [1.82, 2.24) is 10.9 Å². The molecule has 13 heteroatoms. The van der Waals surface area contributed by atoms with E-state index in [2.05, 4.69) is 10.2 Å². The van der Waals surface area contributed by atoms with Crippen LogP contribution in [0.1, 0.15) is 11.5 Å². The van der Waals surface area contributed by atoms with E-state index in [9.17, 15) is 25.0 Å². The maximum atomic E-state index is 11.3. The molecule has 0 saturated heterocycles. The summed E-state index contributed by atoms with van der Waals surface area (Å²) in [6.07, 6.45) is 2.10. The Morgan fingerprint density at radius 1 is 0.917 bits per heavy atom. The fraction of sp³-hybridized carbons (Fsp3) is 0. The Morgan fingerprint density at radius 2 is 1.33 bits per heavy atom. The second-order valence-corrected chi connectivity index (χ2v) is 3.94. The van der Waals surface area contributed by atoms with E-state index in [4.69, 9.17) is 8.83 Å². The van der Waals surface area contributed by atoms with Crippen molar-refractivity contribution in [2.45, 2.75) is 0 Å². The highest BCUT2D eigenvalue weighted by atomic mass is 16.7. The van der Waals surface area contributed by atoms with Gasteiger partial charge in [-0.15, -0.1) is 0 Å². The molecule has 0 bridgehead atoms. The number of nitro groups is 2. The molecule has 0 unspecified atom stereocenters. The molecule has 2 aromatic rings. The van der Waals surface area contributed by atoms with Gasteiger partial charge < -0.3 is 8.83 Å². The van der Waals surface area contributed by atoms with Crippen LogP contribution < -0.4 is 10.9 Å². The van der Waals surface area contributed by atoms with Gasteiger partial charge in [0.05, 0.1) is 24.6 Å². The quantitative estimate of drug-likeness (QED) is 0.454. The molecular weight excluding hydrogens is 328 g/mol. The Hall–Kier alpha value is -4.03. The first-order chi connectivity index (χ1) is 11.5. The molecule has 13 nitrogen and oxygen atoms in total. The molecule has 0 fully saturated rings. The molecule has 0 aliphatic rings. The summed E-state index contributed by atoms with van der Waals surface area (Å²) >= 11 is 0. The van der Waals surface area contributed by atoms with Gasteiger partial charge >= 0.3 is 17.8 Å². The number of nitrogens with one attached hydrogen (secondary N) is 2. The van der Waals surface area contributed by atoms with Crippen molar-refractivity contribution in [3.05, 3.63) is 56.0 Å². The second kappa shape index (κ2) is 7.30. The molecule has 2 aromatic heterocycles. The van der Waals surface area contributed by atoms with Crippen LogP contribution in [-0.4, -0.2) is 28.3 Å². The van der Waals surface area contributed by atoms with E-state index in [1.807, 2.05) is 10.9 Å². The number of hydrogen-bond acceptors (Lipinski definition) is 9. The molecule has 0 saturated carbocycles. The van der Waals surface area contributed by atoms with Gasteiger partial charge in [0, 0.05) is 0 Å². The topological polar surface area (TPSA) is 178 Å². The van der Waals surface area contributed by atoms with E-state index in [0.717, 1.165) is 24.6 Å². The Morgan fingerprint density at radius 3 is 1.67 bits per heavy atom. The maximum absolute atomic E-state index is 11.3. The first-order valence-electron chi connectivity index (χ1n) is 6.06. The van der Waals surface area contributed by atoms with E-state index >= 15 is 0 Å². The number of hydrazone groups is 2. The molecule has 0 radical (unpaired) electrons. The summed E-state index contributed by atoms with van der Waals surface area (Å²) in [4.78, 5) is 30.7. The van der Waals surface area contributed by atoms with Crippen LogP contribution >= 0.6 is 0 Å². The van der Waals surface area contributed by atoms with Crippen molar-refractivity contribution in [3.8, 4) is 0 Å². The van der Waals surface area contributed by atoms with Gasteiger partial charge in [-0.2, -0.15) is 10.2 Å². The standard InChI is InChI=1S/C11H8N6O7/c18-11(14-12-5-7-1-3-9(23-7)16(19)20)15-13-6-8-2-4-10(24-8)17(21)22/h1-6H,(H2,14,15,18)/b12-5+,13-6?. The highest BCUT2D eigenvalue weighted by Gasteiger charge is 2.11. The zero-order valence-electron chi connectivity index (χ0n) is 11.6. The lowest BCUT2D eigenvalue weighted by atomic mass is 10.5. The highest BCUT2D eigenvalue weighted by molar-refractivity contribution is 5.81. The monoisotopic (exact) mass is 336 g/mol. The van der Waals surface area contributed by atoms with Crippen molar-refractivity contribution in [2.75, 3.05) is 0 Å². The third kappa shape index (κ3) is 4.48. The molecule has 2 rings (SSSR count). The summed E-state index contributed by atoms with van der Waals surface area (Å²) in [5, 5.41) is 27.7. The number of nitrogens with zero attached hydrogens (tertiary/aromatic N) is 4. The van der Waals surface area contributed by atoms with Crippen molar-refractivity contribution < 1.29 is 23.5 Å². The molecule has 0 aromatic carbocycles. The van der Waals surface area contributed by atoms with Crippen LogP contribution in [0.5, 0.6) is 0 Å². The van der Waals surface area contributed by atoms with Crippen LogP contribution in [0, 0.1) is 20.2 Å². The molecule has 24 heavy (non-hydrogen) atoms. The number of carbonyl (C=O) groups excluding carboxylic acids is 1. The predicted molar refractivity (Wildman–Crippen MR) is 77.6 cm³/mol. The third-order valence-corrected chi connectivity index (χ3v) is 2.30. The summed E-state index contributed by atoms with van der Waals surface area (Å²) in [5.41, 5.74) is 4.03. The van der Waals surface area contributed by atoms with E-state index in [1.54, 1.807) is 0 Å². The van der Waals surface area contributed by atoms with Gasteiger partial charge in [0.15, 0.2) is 11.5 Å². The Kier molecular flexibility index (Phi) is 4.97. The number of rotatable bonds is 6. The molecule has 124 valence electrons. The maximum Gasteiger partial charge on any atom is 0.433 e. The largest absolute Gasteiger partial charge is 0.433 e. The van der Waals surface area contributed by atoms with Crippen molar-refractivity contribution in [1.29, 1.82) is 0 Å². The summed E-state index contributed by atoms with van der Waals surface area (Å²) in [7, 11) is 0. The molecule has 0 atom stereocenters. The molecule has 2 heterocycles. The SMILES string of the molecule is O=C(NN=Cc1ccc([N+](=O)[O-])o1)N/N=C/c1ccc([N+](=O)[O-])o1. The number of carbonyl (C=O) groups is 1. The summed E-state index contributed by atoms with van der Waals surface area (Å²) in [6, 6.07) is 4.03. The highest BCUT2D eigenvalue weighted by Crippen LogP contribution is 2.14. The van der Waals surface area contributed by atoms with Crippen molar-refractivity contribution in [3.63, 3.8) is 0 Å². The van der Waals surface area contributed by atoms with Gasteiger partial charge in [-0.25, -0.2) is 15.6 Å². The van der Waals surface area contributed by atoms with Crippen molar-refractivity contribution >= 4 is 30.2 Å². The van der Waals surface area contributed by atoms with Crippen LogP contribution in [-0.2, 0) is 0 Å². The molecule has 2 amide bonds. The number of hydrogen-bond donors (Lipinski definition) is 2. The average molecular weight is 336 g/mol. The van der Waals surface area contributed by atoms with Crippen LogP contribution in [0.2, 0.25) is 0 Å². The van der Waals surface area contributed by atoms with Gasteiger partial charge in [-0.05, 0) is 12.1 Å². The summed E-state index contributed by atoms with van der Waals surface area (Å²) in [6.45, 7) is 0. The average Bonchev–Trinajstić information content (AvgIpc) is 3.16. The Bertz CT molecular complexity index is 754. The minimum Gasteiger partial charge on any atom is -0.400 e. The van der Waals surface area contributed by atoms with Crippen LogP contribution in [0.15, 0.2) is 43.3 Å². The van der Waals surface area contributed by atoms with Gasteiger partial charge in [-0.3, -0.25) is 20.2 Å². The fourth-order valence-electron chi connectivity index (χ4n) is 1.35. The Balaban J connectivity index is 1.79. The van der Waals surface area contributed by atoms with Crippen LogP contribution in [0.25, 0.3) is 0 Å². The fourth-order valence-corrected chi connectivity index (χ4v) is 1.35. The normalized spacial score (nSPS) is 11.0. The molecular formula is C11H8N6O7. The lowest BCUT2D eigenvalue weighted by molar-refractivity contribution is -0.402. The number of amides is 2. The molecule has 0 spiro atoms. The first-order valence-corrected chi connectivity index (χ1v) is 6.06. The number of furan rings is 2. The zero-order chi connectivity index (χ0) is 17.5. The number of urea groups is 1. The predicted octanol–water partition coefficient (Wildman–Crippen LogP) is 1.36. The summed E-state index contributed by atoms with van der Waals surface area (Å²) in [5.74, 6) is -0.794. The lowest BCUT2D eigenvalue weighted by Gasteiger charge is -1.95. The van der Waals surface area contributed by atoms with Gasteiger partial charge in [0.25, 0.3) is 0 Å². The third-order valence-electron chi connectivity index (χ3n) is 2.30. The van der Waals surface area contributed by atoms with Crippen LogP contribution in [0.4, 0.5) is 16.6 Å². The summed E-state index contributed by atoms with van der Waals surface area (Å²) < 4.78 is 9.54. The van der Waals surface area contributed by atoms with Gasteiger partial charge in [-0.1, -0.05) is 0 Å². The van der Waals surface area contributed by atoms with Crippen LogP contribution in [0.3, 0.4) is 0 Å². The van der Waals surface area contributed by atoms with Gasteiger partial charge in [0.2, 0.25) is 0 Å². The van der Waals surface area contributed by atoms with E-state index in [0.29, 0.717) is 0 Å². The van der Waals surface area contributed by atoms with E-state index in [1.165, 1.54) is 12.1 Å². The zero-order valence-corrected chi connectivity index (χ0v) is 11.6. The smallest absolute Gasteiger partial charge is 0.400 e. The van der Waals surface area contributed by atoms with E-state index in [-0.39, 0.29) is 11.5 Å².